The van der Waals surface area contributed by atoms with Gasteiger partial charge in [-0.15, -0.1) is 0 Å². The summed E-state index contributed by atoms with van der Waals surface area (Å²) < 4.78 is 0. The SMILES string of the molecule is CC.CC.CC.CC.CC.CC.CC.CC.CC.CC.Cc1cc(C)c2c(c1)-c1ccccc1C2.Cc1cc(C)c2c(c1)Cc1ccccc1-2.Cc1ccc(C)c2c1Cc1ccccc1-2.Cc1ccc2c(c1)Cc1c(C)cccc1-2.Cc1cccc2c1Cc1c(C)cccc1-2. The maximum Gasteiger partial charge on any atom is -0.000820 e. The fourth-order valence-corrected chi connectivity index (χ4v) is 13.0. The van der Waals surface area contributed by atoms with E-state index < -0.39 is 0 Å². The van der Waals surface area contributed by atoms with Crippen LogP contribution in [0.1, 0.15) is 250 Å². The van der Waals surface area contributed by atoms with Gasteiger partial charge in [-0.1, -0.05) is 337 Å². The van der Waals surface area contributed by atoms with Gasteiger partial charge in [0.1, 0.15) is 0 Å². The Morgan fingerprint density at radius 2 is 0.495 bits per heavy atom. The van der Waals surface area contributed by atoms with Gasteiger partial charge in [0.25, 0.3) is 0 Å². The van der Waals surface area contributed by atoms with Gasteiger partial charge in [0.05, 0.1) is 0 Å². The van der Waals surface area contributed by atoms with E-state index in [0.29, 0.717) is 0 Å². The fraction of sp³-hybridized carbons (Fsp3) is 0.368. The van der Waals surface area contributed by atoms with Crippen molar-refractivity contribution in [3.05, 3.63) is 293 Å². The zero-order valence-electron chi connectivity index (χ0n) is 65.9. The second kappa shape index (κ2) is 45.6. The first-order valence-electron chi connectivity index (χ1n) is 37.2. The molecule has 510 valence electrons. The predicted octanol–water partition coefficient (Wildman–Crippen LogP) is 29.6. The highest BCUT2D eigenvalue weighted by Gasteiger charge is 2.24. The van der Waals surface area contributed by atoms with Crippen molar-refractivity contribution < 1.29 is 0 Å². The first-order chi connectivity index (χ1) is 46.3. The predicted molar refractivity (Wildman–Crippen MR) is 434 cm³/mol. The van der Waals surface area contributed by atoms with E-state index in [9.17, 15) is 0 Å². The van der Waals surface area contributed by atoms with E-state index in [4.69, 9.17) is 0 Å². The molecule has 0 bridgehead atoms. The van der Waals surface area contributed by atoms with Crippen LogP contribution in [-0.2, 0) is 32.1 Å². The molecule has 0 aromatic heterocycles. The summed E-state index contributed by atoms with van der Waals surface area (Å²) in [5, 5.41) is 0. The molecule has 0 unspecified atom stereocenters. The van der Waals surface area contributed by atoms with Gasteiger partial charge in [-0.3, -0.25) is 0 Å². The Balaban J connectivity index is 0.000000556. The molecule has 0 aliphatic heterocycles. The monoisotopic (exact) mass is 1270 g/mol. The standard InChI is InChI=1S/5C15H14.10C2H6/c1-10-5-3-7-12-13-8-4-6-11(2)15(13)9-14(10)12;1-10-6-7-13-12(8-10)9-15-11(2)4-3-5-14(13)15;1-10-7-11(2)15-13(8-10)9-12-5-3-4-6-14(12)15;1-10-7-11(2)14-9-12-5-3-4-6-13(12)15(14)8-10;1-10-7-8-11(2)15-13-6-4-3-5-12(13)9-14(10)15;10*1-2/h5*3-8H,9H2,1-2H3;10*1-2H3. The molecule has 0 saturated heterocycles. The van der Waals surface area contributed by atoms with Crippen molar-refractivity contribution in [1.82, 2.24) is 0 Å². The minimum Gasteiger partial charge on any atom is -0.0683 e. The summed E-state index contributed by atoms with van der Waals surface area (Å²) >= 11 is 0. The van der Waals surface area contributed by atoms with Gasteiger partial charge in [0.2, 0.25) is 0 Å². The van der Waals surface area contributed by atoms with Gasteiger partial charge in [-0.2, -0.15) is 0 Å². The molecule has 0 N–H and O–H groups in total. The fourth-order valence-electron chi connectivity index (χ4n) is 13.0. The van der Waals surface area contributed by atoms with Gasteiger partial charge in [0, 0.05) is 0 Å². The molecule has 0 fully saturated rings. The average molecular weight is 1270 g/mol. The third-order valence-electron chi connectivity index (χ3n) is 16.7. The van der Waals surface area contributed by atoms with E-state index in [0.717, 1.165) is 32.1 Å². The van der Waals surface area contributed by atoms with Crippen LogP contribution in [0, 0.1) is 69.2 Å². The van der Waals surface area contributed by atoms with Crippen molar-refractivity contribution in [2.24, 2.45) is 0 Å². The summed E-state index contributed by atoms with van der Waals surface area (Å²) in [5.74, 6) is 0. The van der Waals surface area contributed by atoms with Crippen LogP contribution in [0.2, 0.25) is 0 Å². The van der Waals surface area contributed by atoms with Crippen molar-refractivity contribution in [3.63, 3.8) is 0 Å². The lowest BCUT2D eigenvalue weighted by molar-refractivity contribution is 1.19. The molecule has 0 radical (unpaired) electrons. The molecule has 5 aliphatic rings. The molecule has 5 aliphatic carbocycles. The van der Waals surface area contributed by atoms with Crippen LogP contribution in [-0.4, -0.2) is 0 Å². The summed E-state index contributed by atoms with van der Waals surface area (Å²) in [5.41, 5.74) is 43.5. The van der Waals surface area contributed by atoms with Crippen molar-refractivity contribution in [1.29, 1.82) is 0 Å². The largest absolute Gasteiger partial charge is 0.0683 e. The Kier molecular flexibility index (Phi) is 40.9. The summed E-state index contributed by atoms with van der Waals surface area (Å²) in [7, 11) is 0. The Labute approximate surface area is 585 Å². The number of hydrogen-bond acceptors (Lipinski definition) is 0. The average Bonchev–Trinajstić information content (AvgIpc) is 1.69. The number of benzene rings is 10. The van der Waals surface area contributed by atoms with Crippen LogP contribution in [0.15, 0.2) is 182 Å². The van der Waals surface area contributed by atoms with Crippen LogP contribution >= 0.6 is 0 Å². The van der Waals surface area contributed by atoms with Gasteiger partial charge >= 0.3 is 0 Å². The molecule has 10 aromatic rings. The molecular formula is C95H130. The molecule has 0 heterocycles. The summed E-state index contributed by atoms with van der Waals surface area (Å²) in [6.07, 6.45) is 5.55. The molecule has 10 aromatic carbocycles. The molecule has 0 amide bonds. The number of aryl methyl sites for hydroxylation is 10. The summed E-state index contributed by atoms with van der Waals surface area (Å²) in [6, 6.07) is 66.5. The smallest absolute Gasteiger partial charge is 0.000820 e. The molecular weight excluding hydrogens is 1140 g/mol. The quantitative estimate of drug-likeness (QED) is 0.142. The lowest BCUT2D eigenvalue weighted by Gasteiger charge is -2.07. The molecule has 0 nitrogen and oxygen atoms in total. The molecule has 0 spiro atoms. The summed E-state index contributed by atoms with van der Waals surface area (Å²) in [6.45, 7) is 62.0. The van der Waals surface area contributed by atoms with Crippen LogP contribution < -0.4 is 0 Å². The molecule has 95 heavy (non-hydrogen) atoms. The van der Waals surface area contributed by atoms with Crippen molar-refractivity contribution in [3.8, 4) is 55.6 Å². The Hall–Kier alpha value is -7.80. The van der Waals surface area contributed by atoms with Crippen molar-refractivity contribution >= 4 is 0 Å². The molecule has 0 saturated carbocycles. The van der Waals surface area contributed by atoms with Crippen LogP contribution in [0.25, 0.3) is 55.6 Å². The minimum atomic E-state index is 1.11. The zero-order valence-corrected chi connectivity index (χ0v) is 65.9. The van der Waals surface area contributed by atoms with Gasteiger partial charge in [-0.05, 0) is 252 Å². The first kappa shape index (κ1) is 85.2. The minimum absolute atomic E-state index is 1.11. The Morgan fingerprint density at radius 3 is 1.00 bits per heavy atom. The van der Waals surface area contributed by atoms with Crippen molar-refractivity contribution in [2.75, 3.05) is 0 Å². The number of fused-ring (bicyclic) bond motifs is 15. The van der Waals surface area contributed by atoms with E-state index >= 15 is 0 Å². The maximum atomic E-state index is 2.32. The van der Waals surface area contributed by atoms with E-state index in [-0.39, 0.29) is 0 Å². The van der Waals surface area contributed by atoms with E-state index in [2.05, 4.69) is 251 Å². The second-order valence-corrected chi connectivity index (χ2v) is 22.1. The van der Waals surface area contributed by atoms with E-state index in [1.807, 2.05) is 138 Å². The van der Waals surface area contributed by atoms with Crippen LogP contribution in [0.4, 0.5) is 0 Å². The van der Waals surface area contributed by atoms with Gasteiger partial charge < -0.3 is 0 Å². The van der Waals surface area contributed by atoms with Crippen molar-refractivity contribution in [2.45, 2.75) is 240 Å². The molecule has 0 atom stereocenters. The first-order valence-corrected chi connectivity index (χ1v) is 37.2. The highest BCUT2D eigenvalue weighted by Crippen LogP contribution is 2.43. The zero-order chi connectivity index (χ0) is 72.1. The lowest BCUT2D eigenvalue weighted by atomic mass is 9.97. The topological polar surface area (TPSA) is 0 Å². The highest BCUT2D eigenvalue weighted by molar-refractivity contribution is 5.83. The van der Waals surface area contributed by atoms with Crippen LogP contribution in [0.5, 0.6) is 0 Å². The van der Waals surface area contributed by atoms with E-state index in [1.165, 1.54) is 167 Å². The number of rotatable bonds is 0. The Morgan fingerprint density at radius 1 is 0.168 bits per heavy atom. The normalized spacial score (nSPS) is 10.4. The molecule has 0 heteroatoms. The maximum absolute atomic E-state index is 2.32. The third kappa shape index (κ3) is 21.3. The molecule has 15 rings (SSSR count). The Bertz CT molecular complexity index is 3800. The van der Waals surface area contributed by atoms with Gasteiger partial charge in [-0.25, -0.2) is 0 Å². The highest BCUT2D eigenvalue weighted by atomic mass is 14.3. The van der Waals surface area contributed by atoms with Crippen LogP contribution in [0.3, 0.4) is 0 Å². The summed E-state index contributed by atoms with van der Waals surface area (Å²) in [4.78, 5) is 0. The number of hydrogen-bond donors (Lipinski definition) is 0. The lowest BCUT2D eigenvalue weighted by Crippen LogP contribution is -1.88. The van der Waals surface area contributed by atoms with E-state index in [1.54, 1.807) is 0 Å². The third-order valence-corrected chi connectivity index (χ3v) is 16.7. The second-order valence-electron chi connectivity index (χ2n) is 22.1. The van der Waals surface area contributed by atoms with Gasteiger partial charge in [0.15, 0.2) is 0 Å².